The Morgan fingerprint density at radius 2 is 1.48 bits per heavy atom. The number of unbranched alkanes of at least 4 members (excludes halogenated alkanes) is 1. The summed E-state index contributed by atoms with van der Waals surface area (Å²) in [6.07, 6.45) is 3.38. The average molecular weight is 439 g/mol. The molecule has 1 nitrogen and oxygen atoms in total. The number of fused-ring (bicyclic) bond motifs is 1. The van der Waals surface area contributed by atoms with Gasteiger partial charge in [0.1, 0.15) is 29.1 Å². The lowest BCUT2D eigenvalue weighted by Gasteiger charge is -2.07. The van der Waals surface area contributed by atoms with Gasteiger partial charge >= 0.3 is 0 Å². The van der Waals surface area contributed by atoms with Gasteiger partial charge in [-0.2, -0.15) is 5.26 Å². The number of rotatable bonds is 4. The Morgan fingerprint density at radius 1 is 0.788 bits per heavy atom. The SMILES string of the molecule is CCCCc1ccc(-c2ccc3c(F)c(C#Cc4cc(F)c(C#N)c(F)c4)ccc3c2)cc1. The molecule has 0 aliphatic carbocycles. The highest BCUT2D eigenvalue weighted by Gasteiger charge is 2.10. The first-order valence-corrected chi connectivity index (χ1v) is 10.7. The van der Waals surface area contributed by atoms with Crippen LogP contribution in [0.3, 0.4) is 0 Å². The minimum absolute atomic E-state index is 0.0289. The number of benzene rings is 4. The molecular formula is C29H20F3N. The van der Waals surface area contributed by atoms with Crippen LogP contribution < -0.4 is 0 Å². The van der Waals surface area contributed by atoms with Crippen LogP contribution in [0.1, 0.15) is 42.0 Å². The van der Waals surface area contributed by atoms with Crippen molar-refractivity contribution in [2.24, 2.45) is 0 Å². The molecule has 0 heterocycles. The minimum Gasteiger partial charge on any atom is -0.205 e. The first-order valence-electron chi connectivity index (χ1n) is 10.7. The Kier molecular flexibility index (Phi) is 6.48. The van der Waals surface area contributed by atoms with Gasteiger partial charge in [-0.15, -0.1) is 0 Å². The van der Waals surface area contributed by atoms with Crippen LogP contribution in [-0.4, -0.2) is 0 Å². The summed E-state index contributed by atoms with van der Waals surface area (Å²) >= 11 is 0. The van der Waals surface area contributed by atoms with E-state index in [1.54, 1.807) is 18.2 Å². The Labute approximate surface area is 191 Å². The van der Waals surface area contributed by atoms with Gasteiger partial charge in [-0.3, -0.25) is 0 Å². The van der Waals surface area contributed by atoms with E-state index in [0.29, 0.717) is 5.39 Å². The van der Waals surface area contributed by atoms with Crippen molar-refractivity contribution in [3.63, 3.8) is 0 Å². The van der Waals surface area contributed by atoms with Crippen molar-refractivity contribution in [2.45, 2.75) is 26.2 Å². The molecule has 0 amide bonds. The molecule has 4 aromatic rings. The maximum absolute atomic E-state index is 15.1. The molecule has 0 fully saturated rings. The van der Waals surface area contributed by atoms with Gasteiger partial charge in [0.15, 0.2) is 0 Å². The molecule has 0 atom stereocenters. The first kappa shape index (κ1) is 22.2. The zero-order valence-corrected chi connectivity index (χ0v) is 18.1. The molecule has 0 saturated carbocycles. The van der Waals surface area contributed by atoms with Gasteiger partial charge in [0.05, 0.1) is 5.56 Å². The molecule has 4 heteroatoms. The Bertz CT molecular complexity index is 1410. The predicted octanol–water partition coefficient (Wildman–Crippen LogP) is 7.54. The Hall–Kier alpha value is -4.02. The highest BCUT2D eigenvalue weighted by atomic mass is 19.1. The molecule has 4 rings (SSSR count). The van der Waals surface area contributed by atoms with Crippen molar-refractivity contribution >= 4 is 10.8 Å². The Balaban J connectivity index is 1.63. The molecule has 0 radical (unpaired) electrons. The number of hydrogen-bond donors (Lipinski definition) is 0. The van der Waals surface area contributed by atoms with E-state index in [1.165, 1.54) is 11.6 Å². The van der Waals surface area contributed by atoms with Crippen LogP contribution in [0.25, 0.3) is 21.9 Å². The number of halogens is 3. The molecule has 0 aliphatic rings. The highest BCUT2D eigenvalue weighted by Crippen LogP contribution is 2.28. The summed E-state index contributed by atoms with van der Waals surface area (Å²) in [6, 6.07) is 20.7. The molecule has 0 N–H and O–H groups in total. The summed E-state index contributed by atoms with van der Waals surface area (Å²) in [5.74, 6) is 2.74. The van der Waals surface area contributed by atoms with E-state index < -0.39 is 23.0 Å². The summed E-state index contributed by atoms with van der Waals surface area (Å²) < 4.78 is 42.6. The normalized spacial score (nSPS) is 10.5. The smallest absolute Gasteiger partial charge is 0.146 e. The summed E-state index contributed by atoms with van der Waals surface area (Å²) in [5.41, 5.74) is 2.85. The number of nitrogens with zero attached hydrogens (tertiary/aromatic N) is 1. The molecule has 0 unspecified atom stereocenters. The van der Waals surface area contributed by atoms with E-state index in [-0.39, 0.29) is 11.1 Å². The van der Waals surface area contributed by atoms with Crippen LogP contribution in [0.15, 0.2) is 66.7 Å². The van der Waals surface area contributed by atoms with Crippen LogP contribution in [-0.2, 0) is 6.42 Å². The summed E-state index contributed by atoms with van der Waals surface area (Å²) in [4.78, 5) is 0. The molecule has 0 spiro atoms. The van der Waals surface area contributed by atoms with E-state index in [0.717, 1.165) is 47.9 Å². The van der Waals surface area contributed by atoms with Crippen molar-refractivity contribution in [1.29, 1.82) is 5.26 Å². The second-order valence-electron chi connectivity index (χ2n) is 7.84. The molecule has 0 aliphatic heterocycles. The lowest BCUT2D eigenvalue weighted by atomic mass is 9.98. The van der Waals surface area contributed by atoms with E-state index in [2.05, 4.69) is 43.0 Å². The van der Waals surface area contributed by atoms with Gasteiger partial charge in [0.2, 0.25) is 0 Å². The fraction of sp³-hybridized carbons (Fsp3) is 0.138. The molecule has 0 bridgehead atoms. The fourth-order valence-corrected chi connectivity index (χ4v) is 3.70. The van der Waals surface area contributed by atoms with Crippen molar-refractivity contribution in [3.8, 4) is 29.0 Å². The molecular weight excluding hydrogens is 419 g/mol. The lowest BCUT2D eigenvalue weighted by Crippen LogP contribution is -1.92. The monoisotopic (exact) mass is 439 g/mol. The summed E-state index contributed by atoms with van der Waals surface area (Å²) in [7, 11) is 0. The van der Waals surface area contributed by atoms with Crippen molar-refractivity contribution in [2.75, 3.05) is 0 Å². The molecule has 162 valence electrons. The van der Waals surface area contributed by atoms with Gasteiger partial charge in [0, 0.05) is 10.9 Å². The Morgan fingerprint density at radius 3 is 2.15 bits per heavy atom. The third kappa shape index (κ3) is 4.76. The van der Waals surface area contributed by atoms with Crippen LogP contribution in [0.5, 0.6) is 0 Å². The summed E-state index contributed by atoms with van der Waals surface area (Å²) in [5, 5.41) is 9.91. The minimum atomic E-state index is -0.994. The van der Waals surface area contributed by atoms with E-state index in [1.807, 2.05) is 12.1 Å². The molecule has 33 heavy (non-hydrogen) atoms. The average Bonchev–Trinajstić information content (AvgIpc) is 2.82. The number of hydrogen-bond acceptors (Lipinski definition) is 1. The van der Waals surface area contributed by atoms with Crippen LogP contribution in [0, 0.1) is 40.6 Å². The zero-order chi connectivity index (χ0) is 23.4. The quantitative estimate of drug-likeness (QED) is 0.301. The van der Waals surface area contributed by atoms with Gasteiger partial charge in [-0.05, 0) is 59.2 Å². The first-order chi connectivity index (χ1) is 16.0. The number of nitriles is 1. The second-order valence-corrected chi connectivity index (χ2v) is 7.84. The van der Waals surface area contributed by atoms with Crippen molar-refractivity contribution < 1.29 is 13.2 Å². The van der Waals surface area contributed by atoms with Gasteiger partial charge in [-0.25, -0.2) is 13.2 Å². The van der Waals surface area contributed by atoms with Crippen molar-refractivity contribution in [1.82, 2.24) is 0 Å². The van der Waals surface area contributed by atoms with Crippen LogP contribution in [0.2, 0.25) is 0 Å². The van der Waals surface area contributed by atoms with Crippen LogP contribution in [0.4, 0.5) is 13.2 Å². The topological polar surface area (TPSA) is 23.8 Å². The maximum atomic E-state index is 15.1. The standard InChI is InChI=1S/C29H20F3N/c1-2-3-4-19-5-8-21(9-6-19)23-13-14-25-24(17-23)12-11-22(29(25)32)10-7-20-15-27(30)26(18-33)28(31)16-20/h5-6,8-9,11-17H,2-4H2,1H3. The second kappa shape index (κ2) is 9.63. The molecule has 0 aromatic heterocycles. The van der Waals surface area contributed by atoms with Crippen LogP contribution >= 0.6 is 0 Å². The number of aryl methyl sites for hydroxylation is 1. The van der Waals surface area contributed by atoms with Gasteiger partial charge < -0.3 is 0 Å². The lowest BCUT2D eigenvalue weighted by molar-refractivity contribution is 0.576. The van der Waals surface area contributed by atoms with Crippen molar-refractivity contribution in [3.05, 3.63) is 106 Å². The van der Waals surface area contributed by atoms with E-state index in [4.69, 9.17) is 5.26 Å². The zero-order valence-electron chi connectivity index (χ0n) is 18.1. The third-order valence-corrected chi connectivity index (χ3v) is 5.56. The van der Waals surface area contributed by atoms with E-state index in [9.17, 15) is 8.78 Å². The fourth-order valence-electron chi connectivity index (χ4n) is 3.70. The third-order valence-electron chi connectivity index (χ3n) is 5.56. The molecule has 4 aromatic carbocycles. The van der Waals surface area contributed by atoms with Gasteiger partial charge in [0.25, 0.3) is 0 Å². The predicted molar refractivity (Wildman–Crippen MR) is 125 cm³/mol. The van der Waals surface area contributed by atoms with Gasteiger partial charge in [-0.1, -0.05) is 67.6 Å². The largest absolute Gasteiger partial charge is 0.205 e. The highest BCUT2D eigenvalue weighted by molar-refractivity contribution is 5.89. The van der Waals surface area contributed by atoms with E-state index >= 15 is 4.39 Å². The summed E-state index contributed by atoms with van der Waals surface area (Å²) in [6.45, 7) is 2.17. The maximum Gasteiger partial charge on any atom is 0.146 e. The molecule has 0 saturated heterocycles.